The maximum absolute atomic E-state index is 13.4. The fraction of sp³-hybridized carbons (Fsp3) is 0.154. The molecule has 0 aliphatic rings. The Hall–Kier alpha value is -3.75. The number of nitrogens with zero attached hydrogens (tertiary/aromatic N) is 3. The highest BCUT2D eigenvalue weighted by atomic mass is 35.5. The van der Waals surface area contributed by atoms with Gasteiger partial charge in [0.25, 0.3) is 5.91 Å². The Morgan fingerprint density at radius 3 is 2.33 bits per heavy atom. The Morgan fingerprint density at radius 1 is 0.881 bits per heavy atom. The van der Waals surface area contributed by atoms with E-state index in [1.807, 2.05) is 0 Å². The van der Waals surface area contributed by atoms with Crippen LogP contribution in [0.15, 0.2) is 71.9 Å². The fourth-order valence-electron chi connectivity index (χ4n) is 3.67. The lowest BCUT2D eigenvalue weighted by Gasteiger charge is -2.14. The van der Waals surface area contributed by atoms with Crippen LogP contribution < -0.4 is 10.6 Å². The summed E-state index contributed by atoms with van der Waals surface area (Å²) >= 11 is 12.7. The van der Waals surface area contributed by atoms with E-state index in [4.69, 9.17) is 23.2 Å². The minimum atomic E-state index is -4.71. The second-order valence-corrected chi connectivity index (χ2v) is 10.3. The summed E-state index contributed by atoms with van der Waals surface area (Å²) in [6.07, 6.45) is -9.39. The van der Waals surface area contributed by atoms with Gasteiger partial charge in [-0.05, 0) is 48.5 Å². The number of anilines is 1. The summed E-state index contributed by atoms with van der Waals surface area (Å²) in [5, 5.41) is 12.9. The number of hydrogen-bond acceptors (Lipinski definition) is 5. The van der Waals surface area contributed by atoms with Crippen LogP contribution in [0.1, 0.15) is 27.3 Å². The molecule has 16 heteroatoms. The van der Waals surface area contributed by atoms with E-state index in [0.717, 1.165) is 30.3 Å². The smallest absolute Gasteiger partial charge is 0.345 e. The van der Waals surface area contributed by atoms with Crippen molar-refractivity contribution >= 4 is 52.5 Å². The van der Waals surface area contributed by atoms with Crippen LogP contribution in [-0.4, -0.2) is 32.3 Å². The zero-order chi connectivity index (χ0) is 30.7. The van der Waals surface area contributed by atoms with Gasteiger partial charge < -0.3 is 10.6 Å². The molecule has 2 amide bonds. The van der Waals surface area contributed by atoms with Gasteiger partial charge in [0.1, 0.15) is 0 Å². The van der Waals surface area contributed by atoms with Gasteiger partial charge in [0, 0.05) is 5.02 Å². The summed E-state index contributed by atoms with van der Waals surface area (Å²) in [5.41, 5.74) is -2.48. The van der Waals surface area contributed by atoms with Crippen molar-refractivity contribution in [1.29, 1.82) is 0 Å². The first-order chi connectivity index (χ1) is 19.7. The van der Waals surface area contributed by atoms with Crippen molar-refractivity contribution < 1.29 is 35.9 Å². The molecule has 3 aromatic carbocycles. The maximum Gasteiger partial charge on any atom is 0.418 e. The molecule has 0 saturated heterocycles. The number of benzene rings is 3. The number of amides is 2. The van der Waals surface area contributed by atoms with Gasteiger partial charge in [0.2, 0.25) is 5.91 Å². The van der Waals surface area contributed by atoms with E-state index < -0.39 is 46.7 Å². The molecule has 1 heterocycles. The lowest BCUT2D eigenvalue weighted by molar-refractivity contribution is -0.138. The minimum Gasteiger partial charge on any atom is -0.345 e. The van der Waals surface area contributed by atoms with E-state index in [-0.39, 0.29) is 38.8 Å². The number of para-hydroxylation sites is 1. The summed E-state index contributed by atoms with van der Waals surface area (Å²) in [6, 6.07) is 12.8. The predicted molar refractivity (Wildman–Crippen MR) is 145 cm³/mol. The van der Waals surface area contributed by atoms with E-state index in [2.05, 4.69) is 20.8 Å². The van der Waals surface area contributed by atoms with Crippen molar-refractivity contribution in [2.75, 3.05) is 11.1 Å². The van der Waals surface area contributed by atoms with Crippen molar-refractivity contribution in [3.05, 3.63) is 99.3 Å². The zero-order valence-corrected chi connectivity index (χ0v) is 23.2. The number of halogens is 8. The van der Waals surface area contributed by atoms with Gasteiger partial charge in [-0.2, -0.15) is 26.3 Å². The first kappa shape index (κ1) is 31.2. The maximum atomic E-state index is 13.4. The molecule has 0 bridgehead atoms. The Kier molecular flexibility index (Phi) is 9.38. The molecule has 0 aliphatic heterocycles. The van der Waals surface area contributed by atoms with Crippen LogP contribution in [0.4, 0.5) is 32.0 Å². The van der Waals surface area contributed by atoms with E-state index >= 15 is 0 Å². The van der Waals surface area contributed by atoms with Crippen molar-refractivity contribution in [1.82, 2.24) is 20.1 Å². The topological polar surface area (TPSA) is 88.9 Å². The molecule has 0 unspecified atom stereocenters. The van der Waals surface area contributed by atoms with Crippen LogP contribution in [0.5, 0.6) is 0 Å². The highest BCUT2D eigenvalue weighted by molar-refractivity contribution is 7.99. The van der Waals surface area contributed by atoms with E-state index in [1.54, 1.807) is 0 Å². The quantitative estimate of drug-likeness (QED) is 0.155. The molecule has 0 saturated carbocycles. The normalized spacial score (nSPS) is 11.8. The molecule has 220 valence electrons. The minimum absolute atomic E-state index is 0.00819. The average molecular weight is 648 g/mol. The average Bonchev–Trinajstić information content (AvgIpc) is 3.34. The molecular weight excluding hydrogens is 631 g/mol. The lowest BCUT2D eigenvalue weighted by atomic mass is 10.1. The third-order valence-corrected chi connectivity index (χ3v) is 7.04. The summed E-state index contributed by atoms with van der Waals surface area (Å²) in [5.74, 6) is -1.96. The Balaban J connectivity index is 1.59. The Morgan fingerprint density at radius 2 is 1.62 bits per heavy atom. The SMILES string of the molecule is O=C(CSc1nnc(CNC(=O)c2cc(Cl)ccc2Cl)n1-c1cccc(C(F)(F)F)c1)Nc1ccccc1C(F)(F)F. The first-order valence-corrected chi connectivity index (χ1v) is 13.4. The van der Waals surface area contributed by atoms with E-state index in [9.17, 15) is 35.9 Å². The van der Waals surface area contributed by atoms with Gasteiger partial charge >= 0.3 is 12.4 Å². The molecule has 0 aliphatic carbocycles. The van der Waals surface area contributed by atoms with Crippen LogP contribution in [0.2, 0.25) is 10.0 Å². The monoisotopic (exact) mass is 647 g/mol. The molecule has 0 atom stereocenters. The molecule has 2 N–H and O–H groups in total. The fourth-order valence-corrected chi connectivity index (χ4v) is 4.82. The largest absolute Gasteiger partial charge is 0.418 e. The molecule has 7 nitrogen and oxygen atoms in total. The van der Waals surface area contributed by atoms with Crippen molar-refractivity contribution in [3.63, 3.8) is 0 Å². The second kappa shape index (κ2) is 12.6. The molecule has 42 heavy (non-hydrogen) atoms. The first-order valence-electron chi connectivity index (χ1n) is 11.7. The van der Waals surface area contributed by atoms with E-state index in [0.29, 0.717) is 11.8 Å². The van der Waals surface area contributed by atoms with Gasteiger partial charge in [0.15, 0.2) is 11.0 Å². The van der Waals surface area contributed by atoms with Gasteiger partial charge in [-0.1, -0.05) is 53.2 Å². The number of alkyl halides is 6. The molecule has 4 aromatic rings. The third kappa shape index (κ3) is 7.55. The lowest BCUT2D eigenvalue weighted by Crippen LogP contribution is -2.25. The highest BCUT2D eigenvalue weighted by Crippen LogP contribution is 2.35. The summed E-state index contributed by atoms with van der Waals surface area (Å²) in [6.45, 7) is -0.323. The number of carbonyl (C=O) groups excluding carboxylic acids is 2. The number of aromatic nitrogens is 3. The molecular formula is C26H17Cl2F6N5O2S. The number of carbonyl (C=O) groups is 2. The van der Waals surface area contributed by atoms with Gasteiger partial charge in [0.05, 0.1) is 45.4 Å². The van der Waals surface area contributed by atoms with E-state index in [1.165, 1.54) is 41.0 Å². The zero-order valence-electron chi connectivity index (χ0n) is 20.9. The van der Waals surface area contributed by atoms with Gasteiger partial charge in [-0.25, -0.2) is 0 Å². The molecule has 0 spiro atoms. The third-order valence-electron chi connectivity index (χ3n) is 5.55. The molecule has 0 fully saturated rings. The Bertz CT molecular complexity index is 1630. The summed E-state index contributed by atoms with van der Waals surface area (Å²) in [7, 11) is 0. The van der Waals surface area contributed by atoms with Gasteiger partial charge in [-0.15, -0.1) is 10.2 Å². The van der Waals surface area contributed by atoms with Crippen molar-refractivity contribution in [2.45, 2.75) is 24.1 Å². The van der Waals surface area contributed by atoms with Gasteiger partial charge in [-0.3, -0.25) is 14.2 Å². The predicted octanol–water partition coefficient (Wildman–Crippen LogP) is 7.27. The van der Waals surface area contributed by atoms with Crippen molar-refractivity contribution in [3.8, 4) is 5.69 Å². The van der Waals surface area contributed by atoms with Crippen LogP contribution in [-0.2, 0) is 23.7 Å². The summed E-state index contributed by atoms with van der Waals surface area (Å²) in [4.78, 5) is 25.3. The number of nitrogens with one attached hydrogen (secondary N) is 2. The molecule has 4 rings (SSSR count). The van der Waals surface area contributed by atoms with Crippen molar-refractivity contribution in [2.24, 2.45) is 0 Å². The standard InChI is InChI=1S/C26H17Cl2F6N5O2S/c27-15-8-9-19(28)17(11-15)23(41)35-12-21-37-38-24(39(21)16-5-3-4-14(10-16)25(29,30)31)42-13-22(40)36-20-7-2-1-6-18(20)26(32,33)34/h1-11H,12-13H2,(H,35,41)(H,36,40). The van der Waals surface area contributed by atoms with Crippen LogP contribution in [0.3, 0.4) is 0 Å². The molecule has 1 aromatic heterocycles. The van der Waals surface area contributed by atoms with Crippen LogP contribution in [0.25, 0.3) is 5.69 Å². The number of rotatable bonds is 8. The second-order valence-electron chi connectivity index (χ2n) is 8.47. The summed E-state index contributed by atoms with van der Waals surface area (Å²) < 4.78 is 81.4. The highest BCUT2D eigenvalue weighted by Gasteiger charge is 2.34. The number of hydrogen-bond donors (Lipinski definition) is 2. The molecule has 0 radical (unpaired) electrons. The number of thioether (sulfide) groups is 1. The van der Waals surface area contributed by atoms with Crippen LogP contribution in [0, 0.1) is 0 Å². The Labute approximate surface area is 248 Å². The van der Waals surface area contributed by atoms with Crippen LogP contribution >= 0.6 is 35.0 Å².